The average molecular weight is 380 g/mol. The van der Waals surface area contributed by atoms with Crippen LogP contribution in [-0.2, 0) is 0 Å². The van der Waals surface area contributed by atoms with Crippen LogP contribution < -0.4 is 16.4 Å². The van der Waals surface area contributed by atoms with E-state index in [0.29, 0.717) is 11.7 Å². The zero-order valence-electron chi connectivity index (χ0n) is 17.3. The third-order valence-corrected chi connectivity index (χ3v) is 5.79. The minimum Gasteiger partial charge on any atom is -0.399 e. The minimum absolute atomic E-state index is 0.000709. The second-order valence-corrected chi connectivity index (χ2v) is 7.78. The van der Waals surface area contributed by atoms with E-state index < -0.39 is 0 Å². The molecule has 2 heterocycles. The fraction of sp³-hybridized carbons (Fsp3) is 0.458. The molecular formula is C24H33N3O. The first-order valence-corrected chi connectivity index (χ1v) is 10.7. The number of fused-ring (bicyclic) bond motifs is 2. The standard InChI is InChI=1S/C18H19N3O.C6H14/c1-2-14-16(12-5-3-4-6-15(12)20-14)17-13-9-10(19)7-8-11(13)18(22)21-17;1-3-5-6-4-2/h3-9,14,16-17,20H,2,19H2,1H3,(H,21,22);3-6H2,1-2H3. The maximum absolute atomic E-state index is 12.3. The maximum atomic E-state index is 12.3. The van der Waals surface area contributed by atoms with Crippen LogP contribution in [0.2, 0.25) is 0 Å². The lowest BCUT2D eigenvalue weighted by molar-refractivity contribution is 0.0951. The van der Waals surface area contributed by atoms with E-state index in [9.17, 15) is 4.79 Å². The quantitative estimate of drug-likeness (QED) is 0.466. The number of nitrogens with one attached hydrogen (secondary N) is 2. The molecule has 3 unspecified atom stereocenters. The monoisotopic (exact) mass is 379 g/mol. The fourth-order valence-electron chi connectivity index (χ4n) is 4.32. The van der Waals surface area contributed by atoms with E-state index in [4.69, 9.17) is 5.73 Å². The molecule has 3 atom stereocenters. The molecule has 4 heteroatoms. The topological polar surface area (TPSA) is 67.1 Å². The number of anilines is 2. The minimum atomic E-state index is -0.0212. The van der Waals surface area contributed by atoms with E-state index in [-0.39, 0.29) is 17.9 Å². The first-order valence-electron chi connectivity index (χ1n) is 10.7. The molecule has 28 heavy (non-hydrogen) atoms. The summed E-state index contributed by atoms with van der Waals surface area (Å²) in [5.74, 6) is 0.229. The van der Waals surface area contributed by atoms with Gasteiger partial charge in [-0.25, -0.2) is 0 Å². The van der Waals surface area contributed by atoms with Gasteiger partial charge in [-0.1, -0.05) is 64.7 Å². The summed E-state index contributed by atoms with van der Waals surface area (Å²) in [4.78, 5) is 12.3. The first kappa shape index (κ1) is 20.2. The second kappa shape index (κ2) is 9.13. The van der Waals surface area contributed by atoms with E-state index in [1.165, 1.54) is 36.9 Å². The van der Waals surface area contributed by atoms with Gasteiger partial charge in [-0.05, 0) is 41.8 Å². The zero-order chi connectivity index (χ0) is 20.1. The van der Waals surface area contributed by atoms with Crippen LogP contribution in [0.4, 0.5) is 11.4 Å². The molecule has 4 N–H and O–H groups in total. The van der Waals surface area contributed by atoms with Crippen LogP contribution in [0.25, 0.3) is 0 Å². The SMILES string of the molecule is CCC1Nc2ccccc2C1C1NC(=O)c2ccc(N)cc21.CCCCCC. The highest BCUT2D eigenvalue weighted by molar-refractivity contribution is 5.99. The molecule has 4 nitrogen and oxygen atoms in total. The Labute approximate surface area is 168 Å². The van der Waals surface area contributed by atoms with Gasteiger partial charge in [0.25, 0.3) is 5.91 Å². The Hall–Kier alpha value is -2.49. The van der Waals surface area contributed by atoms with Crippen LogP contribution in [0.1, 0.15) is 86.3 Å². The Kier molecular flexibility index (Phi) is 6.61. The van der Waals surface area contributed by atoms with Gasteiger partial charge >= 0.3 is 0 Å². The van der Waals surface area contributed by atoms with Crippen LogP contribution in [0.5, 0.6) is 0 Å². The van der Waals surface area contributed by atoms with Crippen molar-refractivity contribution in [1.29, 1.82) is 0 Å². The fourth-order valence-corrected chi connectivity index (χ4v) is 4.32. The summed E-state index contributed by atoms with van der Waals surface area (Å²) in [5.41, 5.74) is 10.9. The van der Waals surface area contributed by atoms with Crippen molar-refractivity contribution in [1.82, 2.24) is 5.32 Å². The molecule has 4 rings (SSSR count). The summed E-state index contributed by atoms with van der Waals surface area (Å²) < 4.78 is 0. The van der Waals surface area contributed by atoms with Crippen molar-refractivity contribution in [3.63, 3.8) is 0 Å². The van der Waals surface area contributed by atoms with Crippen LogP contribution in [-0.4, -0.2) is 11.9 Å². The lowest BCUT2D eigenvalue weighted by Gasteiger charge is -2.26. The van der Waals surface area contributed by atoms with Crippen molar-refractivity contribution in [2.45, 2.75) is 70.9 Å². The van der Waals surface area contributed by atoms with Gasteiger partial charge in [0.2, 0.25) is 0 Å². The molecule has 0 saturated carbocycles. The molecule has 2 aromatic carbocycles. The maximum Gasteiger partial charge on any atom is 0.252 e. The van der Waals surface area contributed by atoms with Crippen molar-refractivity contribution in [3.8, 4) is 0 Å². The van der Waals surface area contributed by atoms with Gasteiger partial charge in [-0.15, -0.1) is 0 Å². The Morgan fingerprint density at radius 3 is 2.32 bits per heavy atom. The van der Waals surface area contributed by atoms with E-state index in [1.807, 2.05) is 18.2 Å². The highest BCUT2D eigenvalue weighted by Crippen LogP contribution is 2.47. The third kappa shape index (κ3) is 4.01. The third-order valence-electron chi connectivity index (χ3n) is 5.79. The van der Waals surface area contributed by atoms with Crippen molar-refractivity contribution in [2.24, 2.45) is 0 Å². The molecule has 2 aromatic rings. The van der Waals surface area contributed by atoms with Crippen LogP contribution in [0.3, 0.4) is 0 Å². The van der Waals surface area contributed by atoms with Gasteiger partial charge < -0.3 is 16.4 Å². The van der Waals surface area contributed by atoms with Gasteiger partial charge in [0.05, 0.1) is 6.04 Å². The largest absolute Gasteiger partial charge is 0.399 e. The summed E-state index contributed by atoms with van der Waals surface area (Å²) in [5, 5.41) is 6.75. The van der Waals surface area contributed by atoms with E-state index >= 15 is 0 Å². The number of benzene rings is 2. The van der Waals surface area contributed by atoms with Gasteiger partial charge in [-0.2, -0.15) is 0 Å². The highest BCUT2D eigenvalue weighted by Gasteiger charge is 2.42. The van der Waals surface area contributed by atoms with Crippen molar-refractivity contribution < 1.29 is 4.79 Å². The molecular weight excluding hydrogens is 346 g/mol. The Morgan fingerprint density at radius 2 is 1.64 bits per heavy atom. The average Bonchev–Trinajstić information content (AvgIpc) is 3.23. The van der Waals surface area contributed by atoms with E-state index in [2.05, 4.69) is 49.6 Å². The molecule has 1 amide bonds. The number of unbranched alkanes of at least 4 members (excludes halogenated alkanes) is 3. The van der Waals surface area contributed by atoms with Crippen molar-refractivity contribution >= 4 is 17.3 Å². The summed E-state index contributed by atoms with van der Waals surface area (Å²) in [7, 11) is 0. The summed E-state index contributed by atoms with van der Waals surface area (Å²) in [6, 6.07) is 14.2. The zero-order valence-corrected chi connectivity index (χ0v) is 17.3. The van der Waals surface area contributed by atoms with E-state index in [0.717, 1.165) is 17.5 Å². The molecule has 0 bridgehead atoms. The number of hydrogen-bond acceptors (Lipinski definition) is 3. The molecule has 2 aliphatic heterocycles. The molecule has 150 valence electrons. The summed E-state index contributed by atoms with van der Waals surface area (Å²) in [6.07, 6.45) is 6.54. The van der Waals surface area contributed by atoms with E-state index in [1.54, 1.807) is 6.07 Å². The predicted octanol–water partition coefficient (Wildman–Crippen LogP) is 5.63. The molecule has 2 aliphatic rings. The number of rotatable bonds is 5. The molecule has 0 radical (unpaired) electrons. The number of nitrogens with two attached hydrogens (primary N) is 1. The van der Waals surface area contributed by atoms with Crippen molar-refractivity contribution in [3.05, 3.63) is 59.2 Å². The van der Waals surface area contributed by atoms with Gasteiger partial charge in [0, 0.05) is 28.9 Å². The number of para-hydroxylation sites is 1. The normalized spacial score (nSPS) is 21.8. The Morgan fingerprint density at radius 1 is 0.929 bits per heavy atom. The Bertz CT molecular complexity index is 813. The summed E-state index contributed by atoms with van der Waals surface area (Å²) >= 11 is 0. The molecule has 0 spiro atoms. The van der Waals surface area contributed by atoms with Crippen LogP contribution >= 0.6 is 0 Å². The number of hydrogen-bond donors (Lipinski definition) is 3. The van der Waals surface area contributed by atoms with Crippen LogP contribution in [0.15, 0.2) is 42.5 Å². The molecule has 0 saturated heterocycles. The molecule has 0 fully saturated rings. The van der Waals surface area contributed by atoms with Crippen molar-refractivity contribution in [2.75, 3.05) is 11.1 Å². The van der Waals surface area contributed by atoms with Gasteiger partial charge in [0.15, 0.2) is 0 Å². The predicted molar refractivity (Wildman–Crippen MR) is 118 cm³/mol. The smallest absolute Gasteiger partial charge is 0.252 e. The van der Waals surface area contributed by atoms with Gasteiger partial charge in [0.1, 0.15) is 0 Å². The number of carbonyl (C=O) groups is 1. The molecule has 0 aliphatic carbocycles. The lowest BCUT2D eigenvalue weighted by atomic mass is 9.83. The second-order valence-electron chi connectivity index (χ2n) is 7.78. The first-order chi connectivity index (χ1) is 13.6. The summed E-state index contributed by atoms with van der Waals surface area (Å²) in [6.45, 7) is 6.64. The van der Waals surface area contributed by atoms with Crippen LogP contribution in [0, 0.1) is 0 Å². The highest BCUT2D eigenvalue weighted by atomic mass is 16.2. The number of carbonyl (C=O) groups excluding carboxylic acids is 1. The number of nitrogen functional groups attached to an aromatic ring is 1. The lowest BCUT2D eigenvalue weighted by Crippen LogP contribution is -2.31. The number of amides is 1. The molecule has 0 aromatic heterocycles. The van der Waals surface area contributed by atoms with Gasteiger partial charge in [-0.3, -0.25) is 4.79 Å². The Balaban J connectivity index is 0.000000330.